The third kappa shape index (κ3) is 3.42. The zero-order valence-electron chi connectivity index (χ0n) is 13.5. The zero-order valence-corrected chi connectivity index (χ0v) is 15.2. The number of H-pyrrole nitrogens is 1. The van der Waals surface area contributed by atoms with Crippen LogP contribution in [-0.4, -0.2) is 29.0 Å². The van der Waals surface area contributed by atoms with Crippen LogP contribution in [0.1, 0.15) is 5.56 Å². The Bertz CT molecular complexity index is 1120. The van der Waals surface area contributed by atoms with Gasteiger partial charge in [-0.05, 0) is 34.5 Å². The van der Waals surface area contributed by atoms with Crippen molar-refractivity contribution in [3.63, 3.8) is 0 Å². The molecular formula is C18H14N4O2S2. The molecule has 0 unspecified atom stereocenters. The Morgan fingerprint density at radius 2 is 1.73 bits per heavy atom. The number of benzene rings is 2. The average molecular weight is 382 g/mol. The van der Waals surface area contributed by atoms with Gasteiger partial charge in [-0.1, -0.05) is 48.5 Å². The molecule has 0 atom stereocenters. The molecule has 0 saturated carbocycles. The second-order valence-electron chi connectivity index (χ2n) is 5.68. The van der Waals surface area contributed by atoms with E-state index in [1.807, 2.05) is 42.5 Å². The molecule has 130 valence electrons. The molecule has 8 heteroatoms. The molecule has 0 aliphatic carbocycles. The minimum Gasteiger partial charge on any atom is -0.223 e. The van der Waals surface area contributed by atoms with Crippen molar-refractivity contribution in [3.8, 4) is 21.8 Å². The van der Waals surface area contributed by atoms with Gasteiger partial charge in [-0.15, -0.1) is 21.5 Å². The lowest BCUT2D eigenvalue weighted by Crippen LogP contribution is -2.03. The molecule has 0 spiro atoms. The highest BCUT2D eigenvalue weighted by molar-refractivity contribution is 7.92. The van der Waals surface area contributed by atoms with Gasteiger partial charge >= 0.3 is 0 Å². The lowest BCUT2D eigenvalue weighted by atomic mass is 10.1. The number of nitrogens with one attached hydrogen (secondary N) is 1. The molecule has 0 fully saturated rings. The summed E-state index contributed by atoms with van der Waals surface area (Å²) in [6.45, 7) is 0. The molecule has 0 bridgehead atoms. The van der Waals surface area contributed by atoms with Crippen LogP contribution >= 0.6 is 11.3 Å². The van der Waals surface area contributed by atoms with Gasteiger partial charge in [0.1, 0.15) is 4.21 Å². The van der Waals surface area contributed by atoms with Gasteiger partial charge < -0.3 is 0 Å². The molecule has 0 saturated heterocycles. The second kappa shape index (κ2) is 6.81. The fourth-order valence-electron chi connectivity index (χ4n) is 2.62. The monoisotopic (exact) mass is 382 g/mol. The van der Waals surface area contributed by atoms with Crippen molar-refractivity contribution in [2.45, 2.75) is 9.96 Å². The van der Waals surface area contributed by atoms with Crippen LogP contribution in [0.4, 0.5) is 0 Å². The SMILES string of the molecule is O=S(=O)(Cc1cccc(-c2nn[nH]n2)c1)c1ccc(-c2ccccc2)s1. The summed E-state index contributed by atoms with van der Waals surface area (Å²) >= 11 is 1.29. The van der Waals surface area contributed by atoms with E-state index in [-0.39, 0.29) is 5.75 Å². The van der Waals surface area contributed by atoms with E-state index in [1.165, 1.54) is 11.3 Å². The number of hydrogen-bond donors (Lipinski definition) is 1. The molecule has 2 aromatic heterocycles. The molecule has 26 heavy (non-hydrogen) atoms. The van der Waals surface area contributed by atoms with Crippen molar-refractivity contribution in [2.75, 3.05) is 0 Å². The molecule has 0 aliphatic rings. The number of nitrogens with zero attached hydrogens (tertiary/aromatic N) is 3. The van der Waals surface area contributed by atoms with Gasteiger partial charge in [0.2, 0.25) is 5.82 Å². The number of sulfone groups is 1. The normalized spacial score (nSPS) is 11.5. The van der Waals surface area contributed by atoms with E-state index in [1.54, 1.807) is 24.3 Å². The molecule has 2 heterocycles. The largest absolute Gasteiger partial charge is 0.223 e. The maximum Gasteiger partial charge on any atom is 0.204 e. The summed E-state index contributed by atoms with van der Waals surface area (Å²) in [5, 5.41) is 13.8. The Morgan fingerprint density at radius 1 is 0.923 bits per heavy atom. The Hall–Kier alpha value is -2.84. The lowest BCUT2D eigenvalue weighted by Gasteiger charge is -2.04. The number of aromatic nitrogens is 4. The molecule has 1 N–H and O–H groups in total. The summed E-state index contributed by atoms with van der Waals surface area (Å²) in [5.41, 5.74) is 2.42. The van der Waals surface area contributed by atoms with E-state index in [0.29, 0.717) is 15.6 Å². The fraction of sp³-hybridized carbons (Fsp3) is 0.0556. The Kier molecular flexibility index (Phi) is 4.36. The molecule has 0 aliphatic heterocycles. The van der Waals surface area contributed by atoms with Crippen LogP contribution in [0.3, 0.4) is 0 Å². The van der Waals surface area contributed by atoms with Crippen LogP contribution < -0.4 is 0 Å². The first-order valence-electron chi connectivity index (χ1n) is 7.83. The quantitative estimate of drug-likeness (QED) is 0.570. The van der Waals surface area contributed by atoms with Crippen LogP contribution in [0.15, 0.2) is 70.9 Å². The van der Waals surface area contributed by atoms with Gasteiger partial charge in [0.25, 0.3) is 0 Å². The Morgan fingerprint density at radius 3 is 2.50 bits per heavy atom. The van der Waals surface area contributed by atoms with E-state index < -0.39 is 9.84 Å². The third-order valence-electron chi connectivity index (χ3n) is 3.83. The zero-order chi connectivity index (χ0) is 18.0. The van der Waals surface area contributed by atoms with E-state index in [2.05, 4.69) is 20.6 Å². The van der Waals surface area contributed by atoms with Gasteiger partial charge in [-0.25, -0.2) is 8.42 Å². The number of thiophene rings is 1. The van der Waals surface area contributed by atoms with Gasteiger partial charge in [0.05, 0.1) is 5.75 Å². The van der Waals surface area contributed by atoms with E-state index in [9.17, 15) is 8.42 Å². The van der Waals surface area contributed by atoms with Gasteiger partial charge in [-0.3, -0.25) is 0 Å². The predicted octanol–water partition coefficient (Wildman–Crippen LogP) is 3.57. The average Bonchev–Trinajstić information content (AvgIpc) is 3.35. The fourth-order valence-corrected chi connectivity index (χ4v) is 5.35. The standard InChI is InChI=1S/C18H14N4O2S2/c23-26(24,17-10-9-16(25-17)14-6-2-1-3-7-14)12-13-5-4-8-15(11-13)18-19-21-22-20-18/h1-11H,12H2,(H,19,20,21,22). The van der Waals surface area contributed by atoms with Crippen LogP contribution in [0, 0.1) is 0 Å². The van der Waals surface area contributed by atoms with Crippen LogP contribution in [0.25, 0.3) is 21.8 Å². The van der Waals surface area contributed by atoms with E-state index in [4.69, 9.17) is 0 Å². The molecule has 4 rings (SSSR count). The van der Waals surface area contributed by atoms with Crippen LogP contribution in [-0.2, 0) is 15.6 Å². The minimum atomic E-state index is -3.43. The highest BCUT2D eigenvalue weighted by Gasteiger charge is 2.19. The molecule has 0 radical (unpaired) electrons. The van der Waals surface area contributed by atoms with Crippen molar-refractivity contribution in [3.05, 3.63) is 72.3 Å². The molecule has 6 nitrogen and oxygen atoms in total. The van der Waals surface area contributed by atoms with Crippen molar-refractivity contribution in [1.29, 1.82) is 0 Å². The van der Waals surface area contributed by atoms with E-state index >= 15 is 0 Å². The number of rotatable bonds is 5. The summed E-state index contributed by atoms with van der Waals surface area (Å²) in [6, 6.07) is 20.4. The summed E-state index contributed by atoms with van der Waals surface area (Å²) in [7, 11) is -3.43. The van der Waals surface area contributed by atoms with Gasteiger partial charge in [0.15, 0.2) is 9.84 Å². The highest BCUT2D eigenvalue weighted by Crippen LogP contribution is 2.32. The Balaban J connectivity index is 1.60. The topological polar surface area (TPSA) is 88.6 Å². The van der Waals surface area contributed by atoms with Crippen molar-refractivity contribution >= 4 is 21.2 Å². The van der Waals surface area contributed by atoms with Gasteiger partial charge in [0, 0.05) is 10.4 Å². The lowest BCUT2D eigenvalue weighted by molar-refractivity contribution is 0.597. The smallest absolute Gasteiger partial charge is 0.204 e. The molecular weight excluding hydrogens is 368 g/mol. The molecule has 4 aromatic rings. The van der Waals surface area contributed by atoms with Crippen molar-refractivity contribution < 1.29 is 8.42 Å². The first-order chi connectivity index (χ1) is 12.6. The first-order valence-corrected chi connectivity index (χ1v) is 10.3. The minimum absolute atomic E-state index is 0.0760. The highest BCUT2D eigenvalue weighted by atomic mass is 32.2. The van der Waals surface area contributed by atoms with Gasteiger partial charge in [-0.2, -0.15) is 5.21 Å². The maximum atomic E-state index is 12.8. The number of hydrogen-bond acceptors (Lipinski definition) is 6. The third-order valence-corrected chi connectivity index (χ3v) is 7.24. The number of tetrazole rings is 1. The summed E-state index contributed by atoms with van der Waals surface area (Å²) in [5.74, 6) is 0.361. The molecule has 2 aromatic carbocycles. The first kappa shape index (κ1) is 16.6. The maximum absolute atomic E-state index is 12.8. The summed E-state index contributed by atoms with van der Waals surface area (Å²) in [4.78, 5) is 0.935. The number of aromatic amines is 1. The second-order valence-corrected chi connectivity index (χ2v) is 8.98. The predicted molar refractivity (Wildman–Crippen MR) is 100 cm³/mol. The summed E-state index contributed by atoms with van der Waals surface area (Å²) < 4.78 is 26.0. The van der Waals surface area contributed by atoms with Crippen LogP contribution in [0.5, 0.6) is 0 Å². The molecule has 0 amide bonds. The Labute approximate surface area is 154 Å². The van der Waals surface area contributed by atoms with Crippen molar-refractivity contribution in [1.82, 2.24) is 20.6 Å². The van der Waals surface area contributed by atoms with Crippen molar-refractivity contribution in [2.24, 2.45) is 0 Å². The van der Waals surface area contributed by atoms with E-state index in [0.717, 1.165) is 16.0 Å². The van der Waals surface area contributed by atoms with Crippen LogP contribution in [0.2, 0.25) is 0 Å². The summed E-state index contributed by atoms with van der Waals surface area (Å²) in [6.07, 6.45) is 0.